The molecule has 0 bridgehead atoms. The standard InChI is InChI=1S/C13H20O3/c1-4-10-6-7-13(5-2,11(14)8-10)9-12(15)16-3/h4,10H,1,5-9H2,2-3H3/t10-,13+/m1/s1. The van der Waals surface area contributed by atoms with Gasteiger partial charge in [0.25, 0.3) is 0 Å². The zero-order valence-electron chi connectivity index (χ0n) is 10.1. The minimum Gasteiger partial charge on any atom is -0.469 e. The second-order valence-electron chi connectivity index (χ2n) is 4.55. The number of carbonyl (C=O) groups is 2. The highest BCUT2D eigenvalue weighted by molar-refractivity contribution is 5.89. The molecule has 3 nitrogen and oxygen atoms in total. The molecule has 0 unspecified atom stereocenters. The van der Waals surface area contributed by atoms with E-state index in [1.165, 1.54) is 7.11 Å². The molecular formula is C13H20O3. The number of carbonyl (C=O) groups excluding carboxylic acids is 2. The second-order valence-corrected chi connectivity index (χ2v) is 4.55. The van der Waals surface area contributed by atoms with E-state index in [4.69, 9.17) is 0 Å². The van der Waals surface area contributed by atoms with Gasteiger partial charge in [0, 0.05) is 11.8 Å². The first-order valence-corrected chi connectivity index (χ1v) is 5.80. The Morgan fingerprint density at radius 2 is 2.38 bits per heavy atom. The summed E-state index contributed by atoms with van der Waals surface area (Å²) in [6, 6.07) is 0. The van der Waals surface area contributed by atoms with Crippen molar-refractivity contribution in [3.05, 3.63) is 12.7 Å². The molecule has 1 fully saturated rings. The summed E-state index contributed by atoms with van der Waals surface area (Å²) in [6.45, 7) is 5.69. The number of Topliss-reactive ketones (excluding diaryl/α,β-unsaturated/α-hetero) is 1. The monoisotopic (exact) mass is 224 g/mol. The SMILES string of the molecule is C=C[C@@H]1CC[C@@](CC)(CC(=O)OC)C(=O)C1. The van der Waals surface area contributed by atoms with Crippen molar-refractivity contribution in [1.29, 1.82) is 0 Å². The van der Waals surface area contributed by atoms with E-state index >= 15 is 0 Å². The lowest BCUT2D eigenvalue weighted by Gasteiger charge is -2.36. The van der Waals surface area contributed by atoms with Crippen molar-refractivity contribution in [3.63, 3.8) is 0 Å². The second kappa shape index (κ2) is 5.28. The number of hydrogen-bond donors (Lipinski definition) is 0. The molecule has 2 atom stereocenters. The zero-order valence-corrected chi connectivity index (χ0v) is 10.1. The van der Waals surface area contributed by atoms with Crippen LogP contribution in [0.1, 0.15) is 39.0 Å². The fourth-order valence-corrected chi connectivity index (χ4v) is 2.39. The van der Waals surface area contributed by atoms with Crippen LogP contribution >= 0.6 is 0 Å². The van der Waals surface area contributed by atoms with Gasteiger partial charge in [-0.05, 0) is 25.2 Å². The van der Waals surface area contributed by atoms with Crippen molar-refractivity contribution in [2.24, 2.45) is 11.3 Å². The molecular weight excluding hydrogens is 204 g/mol. The molecule has 0 aromatic rings. The van der Waals surface area contributed by atoms with Crippen LogP contribution in [0.3, 0.4) is 0 Å². The van der Waals surface area contributed by atoms with Crippen LogP contribution in [0.2, 0.25) is 0 Å². The summed E-state index contributed by atoms with van der Waals surface area (Å²) in [5.41, 5.74) is -0.480. The molecule has 3 heteroatoms. The molecule has 1 rings (SSSR count). The van der Waals surface area contributed by atoms with Gasteiger partial charge in [0.2, 0.25) is 0 Å². The van der Waals surface area contributed by atoms with Gasteiger partial charge >= 0.3 is 5.97 Å². The lowest BCUT2D eigenvalue weighted by Crippen LogP contribution is -2.38. The van der Waals surface area contributed by atoms with Crippen LogP contribution in [0.25, 0.3) is 0 Å². The number of esters is 1. The van der Waals surface area contributed by atoms with Gasteiger partial charge < -0.3 is 4.74 Å². The number of hydrogen-bond acceptors (Lipinski definition) is 3. The van der Waals surface area contributed by atoms with Crippen LogP contribution in [0.15, 0.2) is 12.7 Å². The van der Waals surface area contributed by atoms with Crippen LogP contribution in [0, 0.1) is 11.3 Å². The van der Waals surface area contributed by atoms with Gasteiger partial charge in [-0.3, -0.25) is 9.59 Å². The highest BCUT2D eigenvalue weighted by Gasteiger charge is 2.42. The quantitative estimate of drug-likeness (QED) is 0.544. The topological polar surface area (TPSA) is 43.4 Å². The van der Waals surface area contributed by atoms with E-state index in [9.17, 15) is 9.59 Å². The van der Waals surface area contributed by atoms with E-state index in [1.807, 2.05) is 13.0 Å². The summed E-state index contributed by atoms with van der Waals surface area (Å²) in [7, 11) is 1.37. The summed E-state index contributed by atoms with van der Waals surface area (Å²) in [4.78, 5) is 23.5. The Morgan fingerprint density at radius 3 is 2.81 bits per heavy atom. The molecule has 1 aliphatic rings. The number of methoxy groups -OCH3 is 1. The van der Waals surface area contributed by atoms with Crippen molar-refractivity contribution in [2.45, 2.75) is 39.0 Å². The third-order valence-corrected chi connectivity index (χ3v) is 3.75. The van der Waals surface area contributed by atoms with Gasteiger partial charge in [0.05, 0.1) is 13.5 Å². The molecule has 1 aliphatic carbocycles. The normalized spacial score (nSPS) is 29.9. The first-order valence-electron chi connectivity index (χ1n) is 5.80. The van der Waals surface area contributed by atoms with Crippen molar-refractivity contribution < 1.29 is 14.3 Å². The van der Waals surface area contributed by atoms with Crippen LogP contribution in [-0.2, 0) is 14.3 Å². The predicted octanol–water partition coefficient (Wildman–Crippen LogP) is 2.50. The lowest BCUT2D eigenvalue weighted by molar-refractivity contribution is -0.149. The van der Waals surface area contributed by atoms with Crippen LogP contribution in [0.5, 0.6) is 0 Å². The molecule has 0 amide bonds. The molecule has 0 aliphatic heterocycles. The minimum atomic E-state index is -0.480. The summed E-state index contributed by atoms with van der Waals surface area (Å²) in [6.07, 6.45) is 5.02. The van der Waals surface area contributed by atoms with Gasteiger partial charge in [-0.15, -0.1) is 6.58 Å². The van der Waals surface area contributed by atoms with Crippen molar-refractivity contribution in [2.75, 3.05) is 7.11 Å². The van der Waals surface area contributed by atoms with E-state index in [0.29, 0.717) is 12.8 Å². The summed E-state index contributed by atoms with van der Waals surface area (Å²) < 4.78 is 4.67. The zero-order chi connectivity index (χ0) is 12.2. The maximum Gasteiger partial charge on any atom is 0.306 e. The van der Waals surface area contributed by atoms with Gasteiger partial charge in [-0.2, -0.15) is 0 Å². The van der Waals surface area contributed by atoms with Crippen molar-refractivity contribution in [1.82, 2.24) is 0 Å². The van der Waals surface area contributed by atoms with Crippen molar-refractivity contribution in [3.8, 4) is 0 Å². The van der Waals surface area contributed by atoms with Crippen LogP contribution in [-0.4, -0.2) is 18.9 Å². The third kappa shape index (κ3) is 2.52. The summed E-state index contributed by atoms with van der Waals surface area (Å²) in [5, 5.41) is 0. The molecule has 0 N–H and O–H groups in total. The van der Waals surface area contributed by atoms with Gasteiger partial charge in [-0.1, -0.05) is 13.0 Å². The third-order valence-electron chi connectivity index (χ3n) is 3.75. The molecule has 1 saturated carbocycles. The molecule has 0 saturated heterocycles. The Labute approximate surface area is 96.9 Å². The summed E-state index contributed by atoms with van der Waals surface area (Å²) in [5.74, 6) is 0.189. The lowest BCUT2D eigenvalue weighted by atomic mass is 9.66. The highest BCUT2D eigenvalue weighted by atomic mass is 16.5. The predicted molar refractivity (Wildman–Crippen MR) is 61.9 cm³/mol. The molecule has 90 valence electrons. The fourth-order valence-electron chi connectivity index (χ4n) is 2.39. The van der Waals surface area contributed by atoms with E-state index in [-0.39, 0.29) is 24.1 Å². The van der Waals surface area contributed by atoms with Crippen LogP contribution in [0.4, 0.5) is 0 Å². The number of rotatable bonds is 4. The number of ketones is 1. The van der Waals surface area contributed by atoms with Gasteiger partial charge in [0.1, 0.15) is 5.78 Å². The minimum absolute atomic E-state index is 0.191. The average Bonchev–Trinajstić information content (AvgIpc) is 2.31. The first kappa shape index (κ1) is 12.9. The molecule has 0 aromatic carbocycles. The Hall–Kier alpha value is -1.12. The van der Waals surface area contributed by atoms with E-state index in [2.05, 4.69) is 11.3 Å². The first-order chi connectivity index (χ1) is 7.57. The molecule has 0 aromatic heterocycles. The van der Waals surface area contributed by atoms with Gasteiger partial charge in [-0.25, -0.2) is 0 Å². The van der Waals surface area contributed by atoms with E-state index < -0.39 is 5.41 Å². The fraction of sp³-hybridized carbons (Fsp3) is 0.692. The molecule has 0 radical (unpaired) electrons. The maximum atomic E-state index is 12.1. The smallest absolute Gasteiger partial charge is 0.306 e. The van der Waals surface area contributed by atoms with E-state index in [0.717, 1.165) is 12.8 Å². The summed E-state index contributed by atoms with van der Waals surface area (Å²) >= 11 is 0. The Kier molecular flexibility index (Phi) is 4.27. The average molecular weight is 224 g/mol. The van der Waals surface area contributed by atoms with E-state index in [1.54, 1.807) is 0 Å². The van der Waals surface area contributed by atoms with Crippen LogP contribution < -0.4 is 0 Å². The number of ether oxygens (including phenoxy) is 1. The highest BCUT2D eigenvalue weighted by Crippen LogP contribution is 2.41. The Balaban J connectivity index is 2.77. The van der Waals surface area contributed by atoms with Crippen molar-refractivity contribution >= 4 is 11.8 Å². The number of allylic oxidation sites excluding steroid dienone is 1. The Bertz CT molecular complexity index is 296. The molecule has 0 heterocycles. The largest absolute Gasteiger partial charge is 0.469 e. The molecule has 16 heavy (non-hydrogen) atoms. The molecule has 0 spiro atoms. The van der Waals surface area contributed by atoms with Gasteiger partial charge in [0.15, 0.2) is 0 Å². The Morgan fingerprint density at radius 1 is 1.69 bits per heavy atom. The maximum absolute atomic E-state index is 12.1.